The third-order valence-electron chi connectivity index (χ3n) is 1.68. The summed E-state index contributed by atoms with van der Waals surface area (Å²) >= 11 is 0. The second-order valence-corrected chi connectivity index (χ2v) is 12.0. The Morgan fingerprint density at radius 3 is 1.75 bits per heavy atom. The zero-order valence-electron chi connectivity index (χ0n) is 9.07. The molecule has 1 aliphatic rings. The maximum atomic E-state index is 11.7. The Hall–Kier alpha value is 0.630. The summed E-state index contributed by atoms with van der Waals surface area (Å²) < 4.78 is 37.7. The van der Waals surface area contributed by atoms with Crippen LogP contribution in [0.25, 0.3) is 0 Å². The highest BCUT2D eigenvalue weighted by Crippen LogP contribution is 2.59. The average molecular weight is 328 g/mol. The van der Waals surface area contributed by atoms with Crippen LogP contribution in [0, 0.1) is 0 Å². The Kier molecular flexibility index (Phi) is 4.02. The molecule has 1 rings (SSSR count). The molecule has 7 nitrogen and oxygen atoms in total. The van der Waals surface area contributed by atoms with E-state index in [2.05, 4.69) is 12.1 Å². The van der Waals surface area contributed by atoms with Crippen molar-refractivity contribution in [3.63, 3.8) is 0 Å². The van der Waals surface area contributed by atoms with Crippen LogP contribution in [0.3, 0.4) is 0 Å². The molecule has 0 saturated carbocycles. The fourth-order valence-corrected chi connectivity index (χ4v) is 11.5. The minimum Gasteiger partial charge on any atom is -0.245 e. The van der Waals surface area contributed by atoms with E-state index in [1.54, 1.807) is 37.5 Å². The highest BCUT2D eigenvalue weighted by Gasteiger charge is 2.34. The van der Waals surface area contributed by atoms with Crippen LogP contribution in [0.2, 0.25) is 0 Å². The van der Waals surface area contributed by atoms with Crippen molar-refractivity contribution < 1.29 is 8.42 Å². The van der Waals surface area contributed by atoms with Gasteiger partial charge in [-0.05, 0) is 28.2 Å². The fraction of sp³-hybridized carbons (Fsp3) is 1.00. The number of halogens is 2. The molecule has 0 radical (unpaired) electrons. The predicted molar refractivity (Wildman–Crippen MR) is 69.6 cm³/mol. The molecule has 0 aromatic heterocycles. The van der Waals surface area contributed by atoms with Crippen LogP contribution in [0.15, 0.2) is 12.1 Å². The molecule has 0 saturated heterocycles. The largest absolute Gasteiger partial charge is 0.254 e. The van der Waals surface area contributed by atoms with E-state index in [1.807, 2.05) is 0 Å². The third kappa shape index (κ3) is 2.90. The number of hydrogen-bond donors (Lipinski definition) is 0. The summed E-state index contributed by atoms with van der Waals surface area (Å²) in [5.74, 6) is 0. The van der Waals surface area contributed by atoms with Gasteiger partial charge < -0.3 is 0 Å². The van der Waals surface area contributed by atoms with E-state index in [-0.39, 0.29) is 0 Å². The number of hydrogen-bond acceptors (Lipinski definition) is 5. The highest BCUT2D eigenvalue weighted by molar-refractivity contribution is 8.27. The summed E-state index contributed by atoms with van der Waals surface area (Å²) in [6.07, 6.45) is 0. The Balaban J connectivity index is 3.77. The molecule has 0 fully saturated rings. The van der Waals surface area contributed by atoms with Gasteiger partial charge >= 0.3 is 0 Å². The van der Waals surface area contributed by atoms with Crippen LogP contribution in [0.5, 0.6) is 0 Å². The molecule has 0 amide bonds. The van der Waals surface area contributed by atoms with E-state index in [9.17, 15) is 8.42 Å². The summed E-state index contributed by atoms with van der Waals surface area (Å²) in [5, 5.41) is 0. The van der Waals surface area contributed by atoms with Crippen LogP contribution in [-0.2, 0) is 18.3 Å². The summed E-state index contributed by atoms with van der Waals surface area (Å²) in [5.41, 5.74) is 0. The van der Waals surface area contributed by atoms with Crippen LogP contribution >= 0.6 is 28.9 Å². The third-order valence-corrected chi connectivity index (χ3v) is 10.8. The van der Waals surface area contributed by atoms with Gasteiger partial charge in [-0.25, -0.2) is 17.8 Å². The lowest BCUT2D eigenvalue weighted by Gasteiger charge is -2.32. The second-order valence-electron chi connectivity index (χ2n) is 3.33. The van der Waals surface area contributed by atoms with Crippen molar-refractivity contribution in [2.45, 2.75) is 0 Å². The SMILES string of the molecule is CN(C)P1(N(C)C)=NS(=O)(Cl)=NS(=O)(Cl)=N1. The van der Waals surface area contributed by atoms with Crippen molar-refractivity contribution in [1.82, 2.24) is 9.34 Å². The Bertz CT molecular complexity index is 557. The molecule has 1 heterocycles. The van der Waals surface area contributed by atoms with Crippen LogP contribution in [-0.4, -0.2) is 45.9 Å². The minimum atomic E-state index is -3.45. The van der Waals surface area contributed by atoms with Gasteiger partial charge in [-0.15, -0.1) is 8.28 Å². The average Bonchev–Trinajstić information content (AvgIpc) is 1.96. The summed E-state index contributed by atoms with van der Waals surface area (Å²) in [7, 11) is 8.16. The van der Waals surface area contributed by atoms with Crippen molar-refractivity contribution >= 4 is 47.1 Å². The first-order valence-electron chi connectivity index (χ1n) is 3.96. The van der Waals surface area contributed by atoms with Gasteiger partial charge in [-0.1, -0.05) is 3.77 Å². The van der Waals surface area contributed by atoms with Crippen LogP contribution in [0.4, 0.5) is 0 Å². The zero-order chi connectivity index (χ0) is 12.8. The maximum absolute atomic E-state index is 11.7. The molecule has 96 valence electrons. The van der Waals surface area contributed by atoms with Crippen molar-refractivity contribution in [3.8, 4) is 0 Å². The van der Waals surface area contributed by atoms with Crippen LogP contribution < -0.4 is 0 Å². The first-order valence-corrected chi connectivity index (χ1v) is 10.2. The molecule has 0 N–H and O–H groups in total. The van der Waals surface area contributed by atoms with Crippen LogP contribution in [0.1, 0.15) is 0 Å². The topological polar surface area (TPSA) is 77.7 Å². The van der Waals surface area contributed by atoms with Crippen molar-refractivity contribution in [2.24, 2.45) is 12.1 Å². The Morgan fingerprint density at radius 2 is 1.44 bits per heavy atom. The van der Waals surface area contributed by atoms with Crippen molar-refractivity contribution in [1.29, 1.82) is 0 Å². The molecular formula is C4H12Cl2N5O2PS2. The van der Waals surface area contributed by atoms with Gasteiger partial charge in [-0.2, -0.15) is 0 Å². The van der Waals surface area contributed by atoms with Gasteiger partial charge in [0.15, 0.2) is 0 Å². The monoisotopic (exact) mass is 327 g/mol. The van der Waals surface area contributed by atoms with Gasteiger partial charge in [0.25, 0.3) is 18.3 Å². The van der Waals surface area contributed by atoms with E-state index in [0.29, 0.717) is 0 Å². The summed E-state index contributed by atoms with van der Waals surface area (Å²) in [4.78, 5) is 0. The normalized spacial score (nSPS) is 37.8. The number of rotatable bonds is 2. The molecule has 0 aromatic rings. The van der Waals surface area contributed by atoms with E-state index >= 15 is 0 Å². The molecular weight excluding hydrogens is 316 g/mol. The summed E-state index contributed by atoms with van der Waals surface area (Å²) in [6, 6.07) is 0. The molecule has 16 heavy (non-hydrogen) atoms. The zero-order valence-corrected chi connectivity index (χ0v) is 13.1. The van der Waals surface area contributed by atoms with E-state index in [0.717, 1.165) is 0 Å². The van der Waals surface area contributed by atoms with Gasteiger partial charge in [0, 0.05) is 21.4 Å². The second kappa shape index (κ2) is 4.38. The van der Waals surface area contributed by atoms with Gasteiger partial charge in [0.1, 0.15) is 0 Å². The van der Waals surface area contributed by atoms with E-state index in [4.69, 9.17) is 21.4 Å². The first kappa shape index (κ1) is 14.7. The van der Waals surface area contributed by atoms with Crippen molar-refractivity contribution in [3.05, 3.63) is 0 Å². The molecule has 2 unspecified atom stereocenters. The van der Waals surface area contributed by atoms with Gasteiger partial charge in [0.2, 0.25) is 7.51 Å². The molecule has 2 atom stereocenters. The van der Waals surface area contributed by atoms with E-state index in [1.165, 1.54) is 0 Å². The lowest BCUT2D eigenvalue weighted by atomic mass is 11.3. The maximum Gasteiger partial charge on any atom is 0.254 e. The summed E-state index contributed by atoms with van der Waals surface area (Å²) in [6.45, 7) is 0. The minimum absolute atomic E-state index is 1.60. The Labute approximate surface area is 105 Å². The van der Waals surface area contributed by atoms with Gasteiger partial charge in [0.05, 0.1) is 0 Å². The molecule has 12 heteroatoms. The fourth-order valence-electron chi connectivity index (χ4n) is 1.08. The van der Waals surface area contributed by atoms with E-state index < -0.39 is 25.8 Å². The Morgan fingerprint density at radius 1 is 1.00 bits per heavy atom. The highest BCUT2D eigenvalue weighted by atomic mass is 35.7. The lowest BCUT2D eigenvalue weighted by Crippen LogP contribution is -2.22. The standard InChI is InChI=1S/C4H12Cl2N5O2PS2/c1-10(2)14(11(3)4)7-15(5,12)9-16(6,13)8-14/h1-4H3. The molecule has 0 spiro atoms. The molecule has 0 bridgehead atoms. The van der Waals surface area contributed by atoms with Gasteiger partial charge in [-0.3, -0.25) is 0 Å². The van der Waals surface area contributed by atoms with Crippen molar-refractivity contribution in [2.75, 3.05) is 28.2 Å². The lowest BCUT2D eigenvalue weighted by molar-refractivity contribution is 0.562. The molecule has 1 aliphatic heterocycles. The first-order chi connectivity index (χ1) is 7.01. The molecule has 0 aliphatic carbocycles. The quantitative estimate of drug-likeness (QED) is 0.575. The number of nitrogens with zero attached hydrogens (tertiary/aromatic N) is 5. The predicted octanol–water partition coefficient (Wildman–Crippen LogP) is 2.14. The molecule has 0 aromatic carbocycles. The smallest absolute Gasteiger partial charge is 0.245 e.